The molecule has 0 radical (unpaired) electrons. The van der Waals surface area contributed by atoms with E-state index in [1.54, 1.807) is 18.2 Å². The van der Waals surface area contributed by atoms with Gasteiger partial charge in [0.25, 0.3) is 0 Å². The third-order valence-electron chi connectivity index (χ3n) is 2.29. The van der Waals surface area contributed by atoms with Gasteiger partial charge in [-0.3, -0.25) is 0 Å². The van der Waals surface area contributed by atoms with E-state index in [0.29, 0.717) is 17.1 Å². The molecule has 0 atom stereocenters. The van der Waals surface area contributed by atoms with Gasteiger partial charge in [-0.1, -0.05) is 12.1 Å². The van der Waals surface area contributed by atoms with E-state index in [9.17, 15) is 4.39 Å². The number of halogens is 1. The topological polar surface area (TPSA) is 33.4 Å². The van der Waals surface area contributed by atoms with Crippen LogP contribution in [0.15, 0.2) is 34.7 Å². The summed E-state index contributed by atoms with van der Waals surface area (Å²) in [7, 11) is 0. The maximum Gasteiger partial charge on any atom is 0.137 e. The minimum absolute atomic E-state index is 0.173. The second kappa shape index (κ2) is 3.87. The molecule has 0 saturated heterocycles. The van der Waals surface area contributed by atoms with Gasteiger partial charge in [-0.05, 0) is 30.7 Å². The number of benzene rings is 1. The Hall–Kier alpha value is -1.61. The Morgan fingerprint density at radius 2 is 2.07 bits per heavy atom. The van der Waals surface area contributed by atoms with Gasteiger partial charge in [-0.25, -0.2) is 4.39 Å². The highest BCUT2D eigenvalue weighted by Crippen LogP contribution is 2.28. The van der Waals surface area contributed by atoms with Crippen LogP contribution in [0.3, 0.4) is 0 Å². The predicted octanol–water partition coefficient (Wildman–Crippen LogP) is 2.89. The highest BCUT2D eigenvalue weighted by Gasteiger charge is 2.11. The second-order valence-corrected chi connectivity index (χ2v) is 3.36. The van der Waals surface area contributed by atoms with Gasteiger partial charge in [0.05, 0.1) is 5.56 Å². The van der Waals surface area contributed by atoms with E-state index >= 15 is 0 Å². The fraction of sp³-hybridized carbons (Fsp3) is 0.167. The van der Waals surface area contributed by atoms with Crippen molar-refractivity contribution < 1.29 is 13.9 Å². The number of rotatable bonds is 2. The number of aliphatic hydroxyl groups is 1. The second-order valence-electron chi connectivity index (χ2n) is 3.36. The maximum absolute atomic E-state index is 13.5. The minimum atomic E-state index is -0.311. The molecule has 2 nitrogen and oxygen atoms in total. The summed E-state index contributed by atoms with van der Waals surface area (Å²) in [4.78, 5) is 0. The Labute approximate surface area is 87.0 Å². The van der Waals surface area contributed by atoms with E-state index in [2.05, 4.69) is 0 Å². The average molecular weight is 206 g/mol. The molecule has 1 N–H and O–H groups in total. The molecule has 0 aliphatic rings. The van der Waals surface area contributed by atoms with E-state index < -0.39 is 0 Å². The quantitative estimate of drug-likeness (QED) is 0.819. The van der Waals surface area contributed by atoms with Crippen molar-refractivity contribution in [1.82, 2.24) is 0 Å². The number of hydrogen-bond donors (Lipinski definition) is 1. The lowest BCUT2D eigenvalue weighted by Crippen LogP contribution is -1.86. The number of hydrogen-bond acceptors (Lipinski definition) is 2. The van der Waals surface area contributed by atoms with Crippen molar-refractivity contribution in [2.75, 3.05) is 0 Å². The summed E-state index contributed by atoms with van der Waals surface area (Å²) >= 11 is 0. The molecule has 3 heteroatoms. The lowest BCUT2D eigenvalue weighted by atomic mass is 10.1. The van der Waals surface area contributed by atoms with Gasteiger partial charge in [-0.15, -0.1) is 0 Å². The molecule has 1 heterocycles. The minimum Gasteiger partial charge on any atom is -0.459 e. The lowest BCUT2D eigenvalue weighted by molar-refractivity contribution is 0.248. The van der Waals surface area contributed by atoms with Crippen LogP contribution >= 0.6 is 0 Å². The molecule has 0 aliphatic heterocycles. The van der Waals surface area contributed by atoms with Crippen molar-refractivity contribution in [1.29, 1.82) is 0 Å². The molecule has 1 aromatic heterocycles. The van der Waals surface area contributed by atoms with Gasteiger partial charge < -0.3 is 9.52 Å². The van der Waals surface area contributed by atoms with Crippen LogP contribution in [-0.2, 0) is 6.61 Å². The highest BCUT2D eigenvalue weighted by molar-refractivity contribution is 5.62. The largest absolute Gasteiger partial charge is 0.459 e. The Balaban J connectivity index is 2.53. The average Bonchev–Trinajstić information content (AvgIpc) is 2.66. The van der Waals surface area contributed by atoms with Gasteiger partial charge in [0.1, 0.15) is 23.9 Å². The molecule has 2 rings (SSSR count). The van der Waals surface area contributed by atoms with Gasteiger partial charge >= 0.3 is 0 Å². The summed E-state index contributed by atoms with van der Waals surface area (Å²) in [5, 5.41) is 8.85. The Morgan fingerprint density at radius 3 is 2.67 bits per heavy atom. The summed E-state index contributed by atoms with van der Waals surface area (Å²) in [6.07, 6.45) is 0. The third kappa shape index (κ3) is 1.78. The molecule has 2 aromatic rings. The first kappa shape index (κ1) is 9.93. The van der Waals surface area contributed by atoms with Crippen molar-refractivity contribution >= 4 is 0 Å². The molecule has 15 heavy (non-hydrogen) atoms. The first-order chi connectivity index (χ1) is 7.22. The summed E-state index contributed by atoms with van der Waals surface area (Å²) in [6.45, 7) is 1.65. The SMILES string of the molecule is Cc1cccc(F)c1-c1ccc(CO)o1. The van der Waals surface area contributed by atoms with Crippen LogP contribution in [0.25, 0.3) is 11.3 Å². The van der Waals surface area contributed by atoms with Crippen LogP contribution < -0.4 is 0 Å². The van der Waals surface area contributed by atoms with E-state index in [1.165, 1.54) is 6.07 Å². The zero-order chi connectivity index (χ0) is 10.8. The summed E-state index contributed by atoms with van der Waals surface area (Å²) in [5.74, 6) is 0.580. The molecule has 78 valence electrons. The third-order valence-corrected chi connectivity index (χ3v) is 2.29. The summed E-state index contributed by atoms with van der Waals surface area (Å²) in [6, 6.07) is 8.17. The van der Waals surface area contributed by atoms with Crippen LogP contribution in [0.2, 0.25) is 0 Å². The van der Waals surface area contributed by atoms with Crippen LogP contribution in [0.1, 0.15) is 11.3 Å². The van der Waals surface area contributed by atoms with E-state index in [-0.39, 0.29) is 12.4 Å². The molecular formula is C12H11FO2. The smallest absolute Gasteiger partial charge is 0.137 e. The van der Waals surface area contributed by atoms with Crippen LogP contribution in [0.5, 0.6) is 0 Å². The van der Waals surface area contributed by atoms with Crippen LogP contribution in [0, 0.1) is 12.7 Å². The zero-order valence-corrected chi connectivity index (χ0v) is 8.33. The fourth-order valence-electron chi connectivity index (χ4n) is 1.54. The van der Waals surface area contributed by atoms with Gasteiger partial charge in [0, 0.05) is 0 Å². The molecule has 0 saturated carbocycles. The van der Waals surface area contributed by atoms with Crippen LogP contribution in [0.4, 0.5) is 4.39 Å². The molecule has 0 bridgehead atoms. The Morgan fingerprint density at radius 1 is 1.27 bits per heavy atom. The Bertz CT molecular complexity index is 454. The maximum atomic E-state index is 13.5. The Kier molecular flexibility index (Phi) is 2.56. The molecular weight excluding hydrogens is 195 g/mol. The monoisotopic (exact) mass is 206 g/mol. The van der Waals surface area contributed by atoms with Gasteiger partial charge in [0.2, 0.25) is 0 Å². The number of furan rings is 1. The fourth-order valence-corrected chi connectivity index (χ4v) is 1.54. The number of aryl methyl sites for hydroxylation is 1. The molecule has 0 fully saturated rings. The van der Waals surface area contributed by atoms with E-state index in [0.717, 1.165) is 5.56 Å². The molecule has 0 aliphatic carbocycles. The first-order valence-electron chi connectivity index (χ1n) is 4.67. The van der Waals surface area contributed by atoms with Gasteiger partial charge in [0.15, 0.2) is 0 Å². The summed E-state index contributed by atoms with van der Waals surface area (Å²) in [5.41, 5.74) is 1.27. The lowest BCUT2D eigenvalue weighted by Gasteiger charge is -2.03. The number of aliphatic hydroxyl groups excluding tert-OH is 1. The zero-order valence-electron chi connectivity index (χ0n) is 8.33. The molecule has 0 spiro atoms. The standard InChI is InChI=1S/C12H11FO2/c1-8-3-2-4-10(13)12(8)11-6-5-9(7-14)15-11/h2-6,14H,7H2,1H3. The van der Waals surface area contributed by atoms with E-state index in [1.807, 2.05) is 13.0 Å². The predicted molar refractivity (Wildman–Crippen MR) is 54.8 cm³/mol. The van der Waals surface area contributed by atoms with Crippen molar-refractivity contribution in [3.8, 4) is 11.3 Å². The first-order valence-corrected chi connectivity index (χ1v) is 4.67. The van der Waals surface area contributed by atoms with Crippen molar-refractivity contribution in [3.05, 3.63) is 47.5 Å². The van der Waals surface area contributed by atoms with Crippen molar-refractivity contribution in [3.63, 3.8) is 0 Å². The van der Waals surface area contributed by atoms with Gasteiger partial charge in [-0.2, -0.15) is 0 Å². The van der Waals surface area contributed by atoms with E-state index in [4.69, 9.17) is 9.52 Å². The van der Waals surface area contributed by atoms with Crippen molar-refractivity contribution in [2.45, 2.75) is 13.5 Å². The normalized spacial score (nSPS) is 10.6. The molecule has 0 unspecified atom stereocenters. The van der Waals surface area contributed by atoms with Crippen LogP contribution in [-0.4, -0.2) is 5.11 Å². The molecule has 1 aromatic carbocycles. The van der Waals surface area contributed by atoms with Crippen molar-refractivity contribution in [2.24, 2.45) is 0 Å². The molecule has 0 amide bonds. The highest BCUT2D eigenvalue weighted by atomic mass is 19.1. The summed E-state index contributed by atoms with van der Waals surface area (Å²) < 4.78 is 18.8.